The molecule has 6 heteroatoms. The van der Waals surface area contributed by atoms with E-state index in [1.54, 1.807) is 19.1 Å². The zero-order valence-corrected chi connectivity index (χ0v) is 17.0. The Morgan fingerprint density at radius 2 is 2.04 bits per heavy atom. The standard InChI is InChI=1S/C22H27NO5/c1-6-28-21(26)18-12(2)23-14-10-22(3,4)11-16(25)20(14)19(18)13-7-8-15(24)17(9-13)27-5/h7-9,18-19,24H,6,10-11H2,1-5H3/t18?,19-/m0/s1. The highest BCUT2D eigenvalue weighted by molar-refractivity contribution is 6.09. The van der Waals surface area contributed by atoms with E-state index in [1.807, 2.05) is 6.92 Å². The van der Waals surface area contributed by atoms with Crippen molar-refractivity contribution >= 4 is 17.5 Å². The molecule has 0 spiro atoms. The third-order valence-corrected chi connectivity index (χ3v) is 5.41. The number of hydrogen-bond acceptors (Lipinski definition) is 6. The maximum absolute atomic E-state index is 13.1. The molecule has 150 valence electrons. The summed E-state index contributed by atoms with van der Waals surface area (Å²) in [5.41, 5.74) is 2.52. The molecule has 0 fully saturated rings. The molecule has 0 saturated carbocycles. The van der Waals surface area contributed by atoms with E-state index in [0.29, 0.717) is 29.9 Å². The van der Waals surface area contributed by atoms with Gasteiger partial charge in [-0.3, -0.25) is 14.6 Å². The first-order chi connectivity index (χ1) is 13.2. The van der Waals surface area contributed by atoms with Gasteiger partial charge in [-0.1, -0.05) is 19.9 Å². The van der Waals surface area contributed by atoms with Crippen molar-refractivity contribution in [3.05, 3.63) is 35.0 Å². The summed E-state index contributed by atoms with van der Waals surface area (Å²) < 4.78 is 10.6. The number of aromatic hydroxyl groups is 1. The fourth-order valence-corrected chi connectivity index (χ4v) is 4.23. The van der Waals surface area contributed by atoms with Gasteiger partial charge >= 0.3 is 5.97 Å². The Hall–Kier alpha value is -2.63. The molecule has 2 aliphatic rings. The van der Waals surface area contributed by atoms with Gasteiger partial charge in [0.1, 0.15) is 5.92 Å². The molecule has 1 aliphatic heterocycles. The van der Waals surface area contributed by atoms with E-state index in [2.05, 4.69) is 18.8 Å². The van der Waals surface area contributed by atoms with Crippen LogP contribution in [0.3, 0.4) is 0 Å². The first-order valence-electron chi connectivity index (χ1n) is 9.53. The van der Waals surface area contributed by atoms with Crippen molar-refractivity contribution in [2.45, 2.75) is 46.5 Å². The van der Waals surface area contributed by atoms with Gasteiger partial charge in [0, 0.05) is 29.3 Å². The van der Waals surface area contributed by atoms with Gasteiger partial charge < -0.3 is 14.6 Å². The number of carbonyl (C=O) groups is 2. The van der Waals surface area contributed by atoms with Crippen molar-refractivity contribution in [2.75, 3.05) is 13.7 Å². The lowest BCUT2D eigenvalue weighted by Gasteiger charge is -2.39. The second kappa shape index (κ2) is 7.41. The van der Waals surface area contributed by atoms with Gasteiger partial charge in [0.15, 0.2) is 17.3 Å². The van der Waals surface area contributed by atoms with Crippen LogP contribution in [0.1, 0.15) is 52.0 Å². The topological polar surface area (TPSA) is 85.2 Å². The quantitative estimate of drug-likeness (QED) is 0.797. The average Bonchev–Trinajstić information content (AvgIpc) is 2.60. The van der Waals surface area contributed by atoms with Gasteiger partial charge in [0.05, 0.1) is 13.7 Å². The molecule has 6 nitrogen and oxygen atoms in total. The Labute approximate surface area is 165 Å². The van der Waals surface area contributed by atoms with Crippen LogP contribution >= 0.6 is 0 Å². The van der Waals surface area contributed by atoms with Crippen LogP contribution in [0.2, 0.25) is 0 Å². The minimum Gasteiger partial charge on any atom is -0.504 e. The predicted octanol–water partition coefficient (Wildman–Crippen LogP) is 3.78. The number of ketones is 1. The summed E-state index contributed by atoms with van der Waals surface area (Å²) in [7, 11) is 1.47. The number of benzene rings is 1. The highest BCUT2D eigenvalue weighted by atomic mass is 16.5. The lowest BCUT2D eigenvalue weighted by atomic mass is 9.67. The number of ether oxygens (including phenoxy) is 2. The number of phenolic OH excluding ortho intramolecular Hbond substituents is 1. The molecule has 2 atom stereocenters. The normalized spacial score (nSPS) is 23.8. The van der Waals surface area contributed by atoms with Crippen LogP contribution in [-0.2, 0) is 14.3 Å². The number of methoxy groups -OCH3 is 1. The van der Waals surface area contributed by atoms with Gasteiger partial charge in [0.25, 0.3) is 0 Å². The molecule has 0 amide bonds. The van der Waals surface area contributed by atoms with E-state index >= 15 is 0 Å². The van der Waals surface area contributed by atoms with E-state index < -0.39 is 17.8 Å². The molecule has 0 radical (unpaired) electrons. The van der Waals surface area contributed by atoms with Crippen LogP contribution in [-0.4, -0.2) is 36.3 Å². The smallest absolute Gasteiger partial charge is 0.315 e. The summed E-state index contributed by atoms with van der Waals surface area (Å²) in [6, 6.07) is 4.93. The Balaban J connectivity index is 2.20. The van der Waals surface area contributed by atoms with Crippen molar-refractivity contribution in [2.24, 2.45) is 16.3 Å². The number of allylic oxidation sites excluding steroid dienone is 2. The number of phenols is 1. The van der Waals surface area contributed by atoms with Crippen LogP contribution in [0.15, 0.2) is 34.5 Å². The van der Waals surface area contributed by atoms with Gasteiger partial charge in [-0.2, -0.15) is 0 Å². The van der Waals surface area contributed by atoms with Crippen LogP contribution in [0.5, 0.6) is 11.5 Å². The fourth-order valence-electron chi connectivity index (χ4n) is 4.23. The van der Waals surface area contributed by atoms with E-state index in [4.69, 9.17) is 9.47 Å². The molecule has 0 saturated heterocycles. The minimum absolute atomic E-state index is 0.00504. The Morgan fingerprint density at radius 3 is 2.68 bits per heavy atom. The van der Waals surface area contributed by atoms with Crippen molar-refractivity contribution in [3.8, 4) is 11.5 Å². The Bertz CT molecular complexity index is 881. The molecular weight excluding hydrogens is 358 g/mol. The number of esters is 1. The van der Waals surface area contributed by atoms with Gasteiger partial charge in [-0.25, -0.2) is 0 Å². The Morgan fingerprint density at radius 1 is 1.32 bits per heavy atom. The number of aliphatic imine (C=N–C) groups is 1. The number of hydrogen-bond donors (Lipinski definition) is 1. The zero-order valence-electron chi connectivity index (χ0n) is 17.0. The van der Waals surface area contributed by atoms with Crippen molar-refractivity contribution in [1.82, 2.24) is 0 Å². The highest BCUT2D eigenvalue weighted by Gasteiger charge is 2.46. The lowest BCUT2D eigenvalue weighted by Crippen LogP contribution is -2.39. The second-order valence-electron chi connectivity index (χ2n) is 8.19. The third-order valence-electron chi connectivity index (χ3n) is 5.41. The molecule has 1 N–H and O–H groups in total. The number of nitrogens with zero attached hydrogens (tertiary/aromatic N) is 1. The third kappa shape index (κ3) is 3.55. The molecule has 28 heavy (non-hydrogen) atoms. The molecule has 0 aromatic heterocycles. The summed E-state index contributed by atoms with van der Waals surface area (Å²) in [5, 5.41) is 9.98. The summed E-state index contributed by atoms with van der Waals surface area (Å²) in [6.45, 7) is 7.92. The largest absolute Gasteiger partial charge is 0.504 e. The molecule has 1 aliphatic carbocycles. The molecular formula is C22H27NO5. The first kappa shape index (κ1) is 20.1. The number of rotatable bonds is 4. The van der Waals surface area contributed by atoms with E-state index in [9.17, 15) is 14.7 Å². The molecule has 3 rings (SSSR count). The number of Topliss-reactive ketones (excluding diaryl/α,β-unsaturated/α-hetero) is 1. The number of carbonyl (C=O) groups excluding carboxylic acids is 2. The van der Waals surface area contributed by atoms with Gasteiger partial charge in [-0.15, -0.1) is 0 Å². The summed E-state index contributed by atoms with van der Waals surface area (Å²) in [6.07, 6.45) is 1.08. The van der Waals surface area contributed by atoms with Crippen LogP contribution < -0.4 is 4.74 Å². The second-order valence-corrected chi connectivity index (χ2v) is 8.19. The zero-order chi connectivity index (χ0) is 20.6. The average molecular weight is 385 g/mol. The molecule has 1 unspecified atom stereocenters. The lowest BCUT2D eigenvalue weighted by molar-refractivity contribution is -0.146. The highest BCUT2D eigenvalue weighted by Crippen LogP contribution is 2.48. The molecule has 1 aromatic rings. The molecule has 1 aromatic carbocycles. The summed E-state index contributed by atoms with van der Waals surface area (Å²) in [5.74, 6) is -1.28. The van der Waals surface area contributed by atoms with E-state index in [1.165, 1.54) is 13.2 Å². The summed E-state index contributed by atoms with van der Waals surface area (Å²) >= 11 is 0. The monoisotopic (exact) mass is 385 g/mol. The van der Waals surface area contributed by atoms with Crippen molar-refractivity contribution in [3.63, 3.8) is 0 Å². The van der Waals surface area contributed by atoms with Crippen molar-refractivity contribution < 1.29 is 24.2 Å². The van der Waals surface area contributed by atoms with Gasteiger partial charge in [0.2, 0.25) is 0 Å². The Kier molecular flexibility index (Phi) is 5.33. The first-order valence-corrected chi connectivity index (χ1v) is 9.53. The van der Waals surface area contributed by atoms with Crippen LogP contribution in [0, 0.1) is 11.3 Å². The van der Waals surface area contributed by atoms with Crippen LogP contribution in [0.25, 0.3) is 0 Å². The van der Waals surface area contributed by atoms with E-state index in [0.717, 1.165) is 11.3 Å². The fraction of sp³-hybridized carbons (Fsp3) is 0.500. The maximum Gasteiger partial charge on any atom is 0.315 e. The minimum atomic E-state index is -0.682. The molecule has 0 bridgehead atoms. The summed E-state index contributed by atoms with van der Waals surface area (Å²) in [4.78, 5) is 30.6. The van der Waals surface area contributed by atoms with Gasteiger partial charge in [-0.05, 0) is 43.4 Å². The molecule has 1 heterocycles. The van der Waals surface area contributed by atoms with E-state index in [-0.39, 0.29) is 23.6 Å². The SMILES string of the molecule is CCOC(=O)C1C(C)=NC2=C(C(=O)CC(C)(C)C2)[C@H]1c1ccc(O)c(OC)c1. The van der Waals surface area contributed by atoms with Crippen molar-refractivity contribution in [1.29, 1.82) is 0 Å². The predicted molar refractivity (Wildman–Crippen MR) is 106 cm³/mol. The maximum atomic E-state index is 13.1. The van der Waals surface area contributed by atoms with Crippen LogP contribution in [0.4, 0.5) is 0 Å².